The van der Waals surface area contributed by atoms with E-state index in [-0.39, 0.29) is 16.7 Å². The molecule has 0 aromatic heterocycles. The van der Waals surface area contributed by atoms with Crippen molar-refractivity contribution in [2.24, 2.45) is 0 Å². The molecule has 0 fully saturated rings. The average molecular weight is 486 g/mol. The van der Waals surface area contributed by atoms with E-state index in [4.69, 9.17) is 0 Å². The number of aromatic carboxylic acids is 3. The van der Waals surface area contributed by atoms with Gasteiger partial charge in [-0.05, 0) is 88.0 Å². The third kappa shape index (κ3) is 4.53. The zero-order valence-electron chi connectivity index (χ0n) is 18.3. The van der Waals surface area contributed by atoms with E-state index in [0.717, 1.165) is 0 Å². The van der Waals surface area contributed by atoms with Gasteiger partial charge in [0.25, 0.3) is 0 Å². The van der Waals surface area contributed by atoms with Crippen LogP contribution < -0.4 is 0 Å². The normalized spacial score (nSPS) is 10.7. The molecule has 0 aliphatic carbocycles. The van der Waals surface area contributed by atoms with Crippen LogP contribution in [0.1, 0.15) is 31.1 Å². The highest BCUT2D eigenvalue weighted by atomic mass is 16.4. The zero-order valence-corrected chi connectivity index (χ0v) is 18.3. The van der Waals surface area contributed by atoms with Crippen LogP contribution in [0, 0.1) is 0 Å². The standard InChI is InChI=1S/C27H18O9/c28-22-10-13(1-4-19(22)25(31)32)16-7-17(14-2-5-20(26(33)34)23(29)11-14)9-18(8-16)15-3-6-21(27(35)36)24(30)12-15/h1-12,28-30H,(H,31,32)(H,33,34)(H,35,36). The molecule has 9 heteroatoms. The molecule has 0 saturated carbocycles. The Bertz CT molecular complexity index is 1360. The Hall–Kier alpha value is -5.31. The summed E-state index contributed by atoms with van der Waals surface area (Å²) in [5, 5.41) is 58.1. The Morgan fingerprint density at radius 1 is 0.389 bits per heavy atom. The van der Waals surface area contributed by atoms with E-state index < -0.39 is 35.2 Å². The first-order valence-electron chi connectivity index (χ1n) is 10.4. The van der Waals surface area contributed by atoms with Crippen molar-refractivity contribution in [3.8, 4) is 50.6 Å². The SMILES string of the molecule is O=C(O)c1ccc(-c2cc(-c3ccc(C(=O)O)c(O)c3)cc(-c3ccc(C(=O)O)c(O)c3)c2)cc1O. The summed E-state index contributed by atoms with van der Waals surface area (Å²) in [5.41, 5.74) is 2.11. The highest BCUT2D eigenvalue weighted by Crippen LogP contribution is 2.37. The number of hydrogen-bond acceptors (Lipinski definition) is 6. The molecule has 4 aromatic rings. The van der Waals surface area contributed by atoms with E-state index in [9.17, 15) is 45.0 Å². The van der Waals surface area contributed by atoms with E-state index in [2.05, 4.69) is 0 Å². The van der Waals surface area contributed by atoms with Gasteiger partial charge in [0.2, 0.25) is 0 Å². The minimum Gasteiger partial charge on any atom is -0.507 e. The third-order valence-electron chi connectivity index (χ3n) is 5.62. The van der Waals surface area contributed by atoms with Gasteiger partial charge in [0.15, 0.2) is 0 Å². The summed E-state index contributed by atoms with van der Waals surface area (Å²) in [6.45, 7) is 0. The topological polar surface area (TPSA) is 173 Å². The predicted octanol–water partition coefficient (Wildman–Crippen LogP) is 4.90. The van der Waals surface area contributed by atoms with Crippen LogP contribution in [0.15, 0.2) is 72.8 Å². The van der Waals surface area contributed by atoms with E-state index in [0.29, 0.717) is 33.4 Å². The lowest BCUT2D eigenvalue weighted by Gasteiger charge is -2.13. The largest absolute Gasteiger partial charge is 0.507 e. The summed E-state index contributed by atoms with van der Waals surface area (Å²) in [5.74, 6) is -5.22. The quantitative estimate of drug-likeness (QED) is 0.222. The molecule has 9 nitrogen and oxygen atoms in total. The molecular weight excluding hydrogens is 468 g/mol. The number of carbonyl (C=O) groups is 3. The number of phenols is 3. The lowest BCUT2D eigenvalue weighted by atomic mass is 9.92. The van der Waals surface area contributed by atoms with Crippen molar-refractivity contribution in [3.05, 3.63) is 89.5 Å². The molecule has 0 heterocycles. The molecule has 0 spiro atoms. The molecule has 0 aliphatic heterocycles. The van der Waals surface area contributed by atoms with Crippen molar-refractivity contribution in [2.75, 3.05) is 0 Å². The second-order valence-corrected chi connectivity index (χ2v) is 7.91. The molecule has 0 bridgehead atoms. The van der Waals surface area contributed by atoms with E-state index in [1.54, 1.807) is 18.2 Å². The predicted molar refractivity (Wildman–Crippen MR) is 129 cm³/mol. The van der Waals surface area contributed by atoms with Gasteiger partial charge >= 0.3 is 17.9 Å². The van der Waals surface area contributed by atoms with E-state index >= 15 is 0 Å². The van der Waals surface area contributed by atoms with Gasteiger partial charge in [-0.15, -0.1) is 0 Å². The van der Waals surface area contributed by atoms with Gasteiger partial charge in [0, 0.05) is 0 Å². The zero-order chi connectivity index (χ0) is 26.1. The van der Waals surface area contributed by atoms with E-state index in [1.807, 2.05) is 0 Å². The fourth-order valence-electron chi connectivity index (χ4n) is 3.80. The molecule has 0 saturated heterocycles. The minimum absolute atomic E-state index is 0.279. The van der Waals surface area contributed by atoms with Gasteiger partial charge in [-0.25, -0.2) is 14.4 Å². The Labute approximate surface area is 203 Å². The molecule has 0 unspecified atom stereocenters. The molecule has 36 heavy (non-hydrogen) atoms. The second kappa shape index (κ2) is 9.15. The van der Waals surface area contributed by atoms with Crippen molar-refractivity contribution in [1.82, 2.24) is 0 Å². The summed E-state index contributed by atoms with van der Waals surface area (Å²) in [4.78, 5) is 33.8. The summed E-state index contributed by atoms with van der Waals surface area (Å²) in [7, 11) is 0. The maximum absolute atomic E-state index is 11.3. The summed E-state index contributed by atoms with van der Waals surface area (Å²) in [6, 6.07) is 17.2. The van der Waals surface area contributed by atoms with Gasteiger partial charge in [-0.3, -0.25) is 0 Å². The summed E-state index contributed by atoms with van der Waals surface area (Å²) in [6.07, 6.45) is 0. The van der Waals surface area contributed by atoms with Crippen LogP contribution in [0.2, 0.25) is 0 Å². The highest BCUT2D eigenvalue weighted by molar-refractivity contribution is 5.94. The molecule has 0 amide bonds. The lowest BCUT2D eigenvalue weighted by Crippen LogP contribution is -1.97. The first kappa shape index (κ1) is 23.8. The Kier molecular flexibility index (Phi) is 6.06. The molecule has 0 atom stereocenters. The van der Waals surface area contributed by atoms with Gasteiger partial charge in [-0.1, -0.05) is 18.2 Å². The maximum atomic E-state index is 11.3. The van der Waals surface area contributed by atoms with Crippen LogP contribution in [-0.2, 0) is 0 Å². The summed E-state index contributed by atoms with van der Waals surface area (Å²) >= 11 is 0. The molecule has 0 radical (unpaired) electrons. The second-order valence-electron chi connectivity index (χ2n) is 7.91. The number of benzene rings is 4. The van der Waals surface area contributed by atoms with Crippen LogP contribution in [0.25, 0.3) is 33.4 Å². The molecule has 4 aromatic carbocycles. The Balaban J connectivity index is 1.92. The maximum Gasteiger partial charge on any atom is 0.339 e. The fourth-order valence-corrected chi connectivity index (χ4v) is 3.80. The first-order chi connectivity index (χ1) is 17.0. The van der Waals surface area contributed by atoms with Gasteiger partial charge < -0.3 is 30.6 Å². The van der Waals surface area contributed by atoms with E-state index in [1.165, 1.54) is 54.6 Å². The molecular formula is C27H18O9. The number of carboxylic acids is 3. The van der Waals surface area contributed by atoms with Gasteiger partial charge in [0.1, 0.15) is 33.9 Å². The first-order valence-corrected chi connectivity index (χ1v) is 10.4. The third-order valence-corrected chi connectivity index (χ3v) is 5.62. The van der Waals surface area contributed by atoms with Crippen molar-refractivity contribution < 1.29 is 45.0 Å². The Morgan fingerprint density at radius 3 is 0.833 bits per heavy atom. The van der Waals surface area contributed by atoms with Crippen molar-refractivity contribution in [1.29, 1.82) is 0 Å². The highest BCUT2D eigenvalue weighted by Gasteiger charge is 2.16. The number of aromatic hydroxyl groups is 3. The van der Waals surface area contributed by atoms with Crippen molar-refractivity contribution in [2.45, 2.75) is 0 Å². The van der Waals surface area contributed by atoms with Gasteiger partial charge in [-0.2, -0.15) is 0 Å². The van der Waals surface area contributed by atoms with Crippen LogP contribution in [0.3, 0.4) is 0 Å². The molecule has 180 valence electrons. The minimum atomic E-state index is -1.29. The smallest absolute Gasteiger partial charge is 0.339 e. The number of carboxylic acid groups (broad SMARTS) is 3. The molecule has 6 N–H and O–H groups in total. The average Bonchev–Trinajstić information content (AvgIpc) is 2.82. The Morgan fingerprint density at radius 2 is 0.639 bits per heavy atom. The summed E-state index contributed by atoms with van der Waals surface area (Å²) < 4.78 is 0. The van der Waals surface area contributed by atoms with Crippen LogP contribution in [0.5, 0.6) is 17.2 Å². The van der Waals surface area contributed by atoms with Crippen LogP contribution >= 0.6 is 0 Å². The van der Waals surface area contributed by atoms with Crippen molar-refractivity contribution >= 4 is 17.9 Å². The fraction of sp³-hybridized carbons (Fsp3) is 0. The number of hydrogen-bond donors (Lipinski definition) is 6. The number of rotatable bonds is 6. The van der Waals surface area contributed by atoms with Gasteiger partial charge in [0.05, 0.1) is 0 Å². The molecule has 4 rings (SSSR count). The van der Waals surface area contributed by atoms with Crippen LogP contribution in [0.4, 0.5) is 0 Å². The lowest BCUT2D eigenvalue weighted by molar-refractivity contribution is 0.0682. The monoisotopic (exact) mass is 486 g/mol. The van der Waals surface area contributed by atoms with Crippen LogP contribution in [-0.4, -0.2) is 48.5 Å². The molecule has 0 aliphatic rings. The van der Waals surface area contributed by atoms with Crippen molar-refractivity contribution in [3.63, 3.8) is 0 Å².